The first kappa shape index (κ1) is 15.4. The quantitative estimate of drug-likeness (QED) is 0.781. The van der Waals surface area contributed by atoms with Crippen LogP contribution >= 0.6 is 11.8 Å². The van der Waals surface area contributed by atoms with Crippen molar-refractivity contribution in [1.82, 2.24) is 5.32 Å². The SMILES string of the molecule is CNC(CSCC(C)C)Cc1cccc(OC)c1. The minimum Gasteiger partial charge on any atom is -0.497 e. The highest BCUT2D eigenvalue weighted by molar-refractivity contribution is 7.99. The van der Waals surface area contributed by atoms with E-state index in [-0.39, 0.29) is 0 Å². The van der Waals surface area contributed by atoms with Crippen LogP contribution in [-0.4, -0.2) is 31.7 Å². The molecule has 0 saturated carbocycles. The molecule has 18 heavy (non-hydrogen) atoms. The number of benzene rings is 1. The molecular formula is C15H25NOS. The molecule has 3 heteroatoms. The number of thioether (sulfide) groups is 1. The van der Waals surface area contributed by atoms with Crippen molar-refractivity contribution >= 4 is 11.8 Å². The largest absolute Gasteiger partial charge is 0.497 e. The molecule has 0 aliphatic carbocycles. The third kappa shape index (κ3) is 5.78. The Kier molecular flexibility index (Phi) is 7.21. The Balaban J connectivity index is 2.46. The third-order valence-corrected chi connectivity index (χ3v) is 4.34. The molecule has 1 aromatic rings. The van der Waals surface area contributed by atoms with E-state index < -0.39 is 0 Å². The summed E-state index contributed by atoms with van der Waals surface area (Å²) in [5, 5.41) is 3.40. The van der Waals surface area contributed by atoms with Gasteiger partial charge in [0.15, 0.2) is 0 Å². The number of methoxy groups -OCH3 is 1. The van der Waals surface area contributed by atoms with E-state index in [2.05, 4.69) is 37.4 Å². The van der Waals surface area contributed by atoms with E-state index >= 15 is 0 Å². The van der Waals surface area contributed by atoms with Gasteiger partial charge in [-0.1, -0.05) is 26.0 Å². The van der Waals surface area contributed by atoms with Gasteiger partial charge in [-0.05, 0) is 42.8 Å². The fourth-order valence-corrected chi connectivity index (χ4v) is 2.95. The molecule has 0 aliphatic heterocycles. The predicted molar refractivity (Wildman–Crippen MR) is 81.7 cm³/mol. The Labute approximate surface area is 116 Å². The highest BCUT2D eigenvalue weighted by Crippen LogP contribution is 2.16. The second kappa shape index (κ2) is 8.44. The van der Waals surface area contributed by atoms with Crippen molar-refractivity contribution in [3.8, 4) is 5.75 Å². The standard InChI is InChI=1S/C15H25NOS/c1-12(2)10-18-11-14(16-3)8-13-6-5-7-15(9-13)17-4/h5-7,9,12,14,16H,8,10-11H2,1-4H3. The Morgan fingerprint density at radius 2 is 2.06 bits per heavy atom. The van der Waals surface area contributed by atoms with Gasteiger partial charge in [-0.2, -0.15) is 11.8 Å². The lowest BCUT2D eigenvalue weighted by molar-refractivity contribution is 0.414. The van der Waals surface area contributed by atoms with Crippen LogP contribution in [0.4, 0.5) is 0 Å². The Hall–Kier alpha value is -0.670. The van der Waals surface area contributed by atoms with Crippen LogP contribution < -0.4 is 10.1 Å². The van der Waals surface area contributed by atoms with Crippen molar-refractivity contribution in [1.29, 1.82) is 0 Å². The van der Waals surface area contributed by atoms with Crippen LogP contribution in [-0.2, 0) is 6.42 Å². The molecule has 2 nitrogen and oxygen atoms in total. The second-order valence-electron chi connectivity index (χ2n) is 4.97. The molecule has 0 radical (unpaired) electrons. The van der Waals surface area contributed by atoms with Gasteiger partial charge < -0.3 is 10.1 Å². The van der Waals surface area contributed by atoms with Crippen molar-refractivity contribution in [2.24, 2.45) is 5.92 Å². The van der Waals surface area contributed by atoms with Gasteiger partial charge in [-0.15, -0.1) is 0 Å². The highest BCUT2D eigenvalue weighted by atomic mass is 32.2. The van der Waals surface area contributed by atoms with Crippen LogP contribution in [0.5, 0.6) is 5.75 Å². The maximum atomic E-state index is 5.26. The minimum atomic E-state index is 0.529. The number of ether oxygens (including phenoxy) is 1. The van der Waals surface area contributed by atoms with Crippen LogP contribution in [0, 0.1) is 5.92 Å². The van der Waals surface area contributed by atoms with E-state index in [0.717, 1.165) is 23.8 Å². The van der Waals surface area contributed by atoms with Crippen LogP contribution in [0.1, 0.15) is 19.4 Å². The fraction of sp³-hybridized carbons (Fsp3) is 0.600. The number of likely N-dealkylation sites (N-methyl/N-ethyl adjacent to an activating group) is 1. The van der Waals surface area contributed by atoms with Gasteiger partial charge in [0.25, 0.3) is 0 Å². The molecule has 0 spiro atoms. The van der Waals surface area contributed by atoms with Crippen molar-refractivity contribution in [2.75, 3.05) is 25.7 Å². The Morgan fingerprint density at radius 1 is 1.28 bits per heavy atom. The number of hydrogen-bond donors (Lipinski definition) is 1. The smallest absolute Gasteiger partial charge is 0.119 e. The highest BCUT2D eigenvalue weighted by Gasteiger charge is 2.08. The summed E-state index contributed by atoms with van der Waals surface area (Å²) in [5.41, 5.74) is 1.33. The molecule has 0 saturated heterocycles. The topological polar surface area (TPSA) is 21.3 Å². The van der Waals surface area contributed by atoms with E-state index in [1.807, 2.05) is 24.9 Å². The van der Waals surface area contributed by atoms with Crippen molar-refractivity contribution < 1.29 is 4.74 Å². The summed E-state index contributed by atoms with van der Waals surface area (Å²) in [6.07, 6.45) is 1.05. The van der Waals surface area contributed by atoms with E-state index in [9.17, 15) is 0 Å². The number of hydrogen-bond acceptors (Lipinski definition) is 3. The van der Waals surface area contributed by atoms with Gasteiger partial charge in [0, 0.05) is 11.8 Å². The summed E-state index contributed by atoms with van der Waals surface area (Å²) >= 11 is 2.03. The molecule has 1 aromatic carbocycles. The lowest BCUT2D eigenvalue weighted by atomic mass is 10.1. The summed E-state index contributed by atoms with van der Waals surface area (Å²) in [5.74, 6) is 4.10. The van der Waals surface area contributed by atoms with Crippen molar-refractivity contribution in [3.63, 3.8) is 0 Å². The maximum absolute atomic E-state index is 5.26. The Morgan fingerprint density at radius 3 is 2.67 bits per heavy atom. The molecule has 102 valence electrons. The number of nitrogens with one attached hydrogen (secondary N) is 1. The fourth-order valence-electron chi connectivity index (χ4n) is 1.77. The maximum Gasteiger partial charge on any atom is 0.119 e. The summed E-state index contributed by atoms with van der Waals surface area (Å²) in [6, 6.07) is 8.87. The summed E-state index contributed by atoms with van der Waals surface area (Å²) in [7, 11) is 3.76. The average Bonchev–Trinajstić information content (AvgIpc) is 2.37. The zero-order valence-electron chi connectivity index (χ0n) is 11.9. The molecular weight excluding hydrogens is 242 g/mol. The molecule has 0 bridgehead atoms. The van der Waals surface area contributed by atoms with Crippen LogP contribution in [0.2, 0.25) is 0 Å². The van der Waals surface area contributed by atoms with E-state index in [4.69, 9.17) is 4.74 Å². The number of rotatable bonds is 8. The minimum absolute atomic E-state index is 0.529. The molecule has 1 N–H and O–H groups in total. The van der Waals surface area contributed by atoms with Crippen LogP contribution in [0.3, 0.4) is 0 Å². The molecule has 1 rings (SSSR count). The monoisotopic (exact) mass is 267 g/mol. The first-order chi connectivity index (χ1) is 8.65. The van der Waals surface area contributed by atoms with Crippen LogP contribution in [0.25, 0.3) is 0 Å². The zero-order chi connectivity index (χ0) is 13.4. The van der Waals surface area contributed by atoms with Crippen LogP contribution in [0.15, 0.2) is 24.3 Å². The zero-order valence-corrected chi connectivity index (χ0v) is 12.7. The molecule has 0 aromatic heterocycles. The molecule has 0 aliphatic rings. The predicted octanol–water partition coefficient (Wildman–Crippen LogP) is 3.21. The van der Waals surface area contributed by atoms with Gasteiger partial charge in [0.1, 0.15) is 5.75 Å². The Bertz CT molecular complexity index is 341. The van der Waals surface area contributed by atoms with E-state index in [0.29, 0.717) is 6.04 Å². The van der Waals surface area contributed by atoms with Crippen molar-refractivity contribution in [3.05, 3.63) is 29.8 Å². The molecule has 0 heterocycles. The lowest BCUT2D eigenvalue weighted by Gasteiger charge is -2.17. The van der Waals surface area contributed by atoms with Gasteiger partial charge in [0.05, 0.1) is 7.11 Å². The van der Waals surface area contributed by atoms with Crippen molar-refractivity contribution in [2.45, 2.75) is 26.3 Å². The average molecular weight is 267 g/mol. The van der Waals surface area contributed by atoms with Gasteiger partial charge in [-0.3, -0.25) is 0 Å². The first-order valence-electron chi connectivity index (χ1n) is 6.53. The molecule has 1 atom stereocenters. The summed E-state index contributed by atoms with van der Waals surface area (Å²) in [4.78, 5) is 0. The molecule has 0 amide bonds. The molecule has 0 fully saturated rings. The third-order valence-electron chi connectivity index (χ3n) is 2.79. The lowest BCUT2D eigenvalue weighted by Crippen LogP contribution is -2.30. The first-order valence-corrected chi connectivity index (χ1v) is 7.69. The summed E-state index contributed by atoms with van der Waals surface area (Å²) in [6.45, 7) is 4.53. The van der Waals surface area contributed by atoms with Gasteiger partial charge >= 0.3 is 0 Å². The molecule has 1 unspecified atom stereocenters. The van der Waals surface area contributed by atoms with Gasteiger partial charge in [-0.25, -0.2) is 0 Å². The summed E-state index contributed by atoms with van der Waals surface area (Å²) < 4.78 is 5.26. The van der Waals surface area contributed by atoms with Gasteiger partial charge in [0.2, 0.25) is 0 Å². The van der Waals surface area contributed by atoms with E-state index in [1.165, 1.54) is 11.3 Å². The van der Waals surface area contributed by atoms with E-state index in [1.54, 1.807) is 7.11 Å². The second-order valence-corrected chi connectivity index (χ2v) is 6.05. The normalized spacial score (nSPS) is 12.7.